The normalized spacial score (nSPS) is 11.2. The van der Waals surface area contributed by atoms with E-state index in [-0.39, 0.29) is 5.56 Å². The average Bonchev–Trinajstić information content (AvgIpc) is 2.74. The first kappa shape index (κ1) is 17.1. The third kappa shape index (κ3) is 2.75. The molecule has 0 unspecified atom stereocenters. The fourth-order valence-electron chi connectivity index (χ4n) is 3.74. The topological polar surface area (TPSA) is 67.8 Å². The molecule has 0 aliphatic heterocycles. The number of aryl methyl sites for hydroxylation is 1. The lowest BCUT2D eigenvalue weighted by Gasteiger charge is -2.10. The molecule has 3 aromatic carbocycles. The van der Waals surface area contributed by atoms with Crippen LogP contribution in [-0.4, -0.2) is 14.5 Å². The van der Waals surface area contributed by atoms with E-state index in [0.717, 1.165) is 21.9 Å². The first-order valence-corrected chi connectivity index (χ1v) is 9.33. The summed E-state index contributed by atoms with van der Waals surface area (Å²) < 4.78 is 1.18. The van der Waals surface area contributed by atoms with E-state index in [4.69, 9.17) is 0 Å². The summed E-state index contributed by atoms with van der Waals surface area (Å²) in [6.45, 7) is 2.00. The third-order valence-corrected chi connectivity index (χ3v) is 5.21. The molecule has 0 aliphatic carbocycles. The molecule has 0 aliphatic rings. The molecule has 5 aromatic rings. The maximum atomic E-state index is 13.2. The minimum absolute atomic E-state index is 0.370. The Morgan fingerprint density at radius 2 is 1.62 bits per heavy atom. The summed E-state index contributed by atoms with van der Waals surface area (Å²) >= 11 is 0. The largest absolute Gasteiger partial charge is 0.333 e. The van der Waals surface area contributed by atoms with Gasteiger partial charge in [-0.1, -0.05) is 60.7 Å². The summed E-state index contributed by atoms with van der Waals surface area (Å²) in [5.74, 6) is 0. The van der Waals surface area contributed by atoms with E-state index in [1.54, 1.807) is 12.1 Å². The predicted octanol–water partition coefficient (Wildman–Crippen LogP) is 4.20. The van der Waals surface area contributed by atoms with Crippen LogP contribution in [0.3, 0.4) is 0 Å². The molecule has 0 bridgehead atoms. The van der Waals surface area contributed by atoms with Crippen molar-refractivity contribution in [2.45, 2.75) is 6.92 Å². The second-order valence-electron chi connectivity index (χ2n) is 7.00. The quantitative estimate of drug-likeness (QED) is 0.500. The number of hydrogen-bond donors (Lipinski definition) is 1. The molecule has 0 spiro atoms. The van der Waals surface area contributed by atoms with Crippen molar-refractivity contribution in [1.82, 2.24) is 14.5 Å². The summed E-state index contributed by atoms with van der Waals surface area (Å²) in [5.41, 5.74) is 2.93. The maximum absolute atomic E-state index is 13.2. The van der Waals surface area contributed by atoms with Crippen molar-refractivity contribution in [2.75, 3.05) is 0 Å². The van der Waals surface area contributed by atoms with Crippen LogP contribution in [0.5, 0.6) is 0 Å². The second-order valence-corrected chi connectivity index (χ2v) is 7.00. The van der Waals surface area contributed by atoms with Crippen molar-refractivity contribution in [3.8, 4) is 16.9 Å². The molecule has 0 saturated carbocycles. The van der Waals surface area contributed by atoms with E-state index < -0.39 is 5.69 Å². The van der Waals surface area contributed by atoms with Crippen LogP contribution in [0.15, 0.2) is 88.6 Å². The lowest BCUT2D eigenvalue weighted by Crippen LogP contribution is -2.33. The molecule has 2 aromatic heterocycles. The molecule has 0 fully saturated rings. The number of benzene rings is 3. The van der Waals surface area contributed by atoms with Gasteiger partial charge in [-0.05, 0) is 30.0 Å². The summed E-state index contributed by atoms with van der Waals surface area (Å²) in [6, 6.07) is 22.9. The Bertz CT molecular complexity index is 1510. The van der Waals surface area contributed by atoms with Crippen molar-refractivity contribution >= 4 is 21.7 Å². The van der Waals surface area contributed by atoms with Gasteiger partial charge in [-0.3, -0.25) is 9.78 Å². The molecule has 5 nitrogen and oxygen atoms in total. The van der Waals surface area contributed by atoms with Crippen LogP contribution in [-0.2, 0) is 0 Å². The van der Waals surface area contributed by atoms with Crippen LogP contribution in [0.4, 0.5) is 0 Å². The highest BCUT2D eigenvalue weighted by molar-refractivity contribution is 5.90. The Labute approximate surface area is 165 Å². The molecule has 0 amide bonds. The fourth-order valence-corrected chi connectivity index (χ4v) is 3.74. The van der Waals surface area contributed by atoms with E-state index >= 15 is 0 Å². The van der Waals surface area contributed by atoms with Crippen molar-refractivity contribution in [1.29, 1.82) is 0 Å². The lowest BCUT2D eigenvalue weighted by molar-refractivity contribution is 0.907. The summed E-state index contributed by atoms with van der Waals surface area (Å²) in [4.78, 5) is 33.5. The molecule has 2 heterocycles. The number of rotatable bonds is 2. The number of nitrogens with one attached hydrogen (secondary N) is 1. The number of aromatic nitrogens is 3. The smallest absolute Gasteiger partial charge is 0.306 e. The van der Waals surface area contributed by atoms with E-state index in [9.17, 15) is 9.59 Å². The van der Waals surface area contributed by atoms with Gasteiger partial charge in [-0.2, -0.15) is 0 Å². The van der Waals surface area contributed by atoms with Gasteiger partial charge < -0.3 is 4.98 Å². The number of fused-ring (bicyclic) bond motifs is 2. The van der Waals surface area contributed by atoms with Gasteiger partial charge >= 0.3 is 5.69 Å². The zero-order chi connectivity index (χ0) is 20.0. The first-order chi connectivity index (χ1) is 14.1. The first-order valence-electron chi connectivity index (χ1n) is 9.33. The molecular formula is C24H17N3O2. The zero-order valence-electron chi connectivity index (χ0n) is 15.7. The minimum atomic E-state index is -0.471. The summed E-state index contributed by atoms with van der Waals surface area (Å²) in [7, 11) is 0. The van der Waals surface area contributed by atoms with Gasteiger partial charge in [0.2, 0.25) is 0 Å². The van der Waals surface area contributed by atoms with Crippen LogP contribution in [0.2, 0.25) is 0 Å². The van der Waals surface area contributed by atoms with Crippen molar-refractivity contribution in [3.05, 3.63) is 105 Å². The number of H-pyrrole nitrogens is 1. The van der Waals surface area contributed by atoms with Gasteiger partial charge in [-0.15, -0.1) is 0 Å². The molecule has 0 atom stereocenters. The number of nitrogens with zero attached hydrogens (tertiary/aromatic N) is 2. The van der Waals surface area contributed by atoms with E-state index in [1.807, 2.05) is 67.6 Å². The molecule has 5 rings (SSSR count). The van der Waals surface area contributed by atoms with Gasteiger partial charge in [-0.25, -0.2) is 9.36 Å². The van der Waals surface area contributed by atoms with Crippen molar-refractivity contribution in [3.63, 3.8) is 0 Å². The molecule has 140 valence electrons. The molecule has 29 heavy (non-hydrogen) atoms. The summed E-state index contributed by atoms with van der Waals surface area (Å²) in [5, 5.41) is 2.17. The van der Waals surface area contributed by atoms with Crippen LogP contribution in [0.25, 0.3) is 38.6 Å². The Kier molecular flexibility index (Phi) is 3.88. The van der Waals surface area contributed by atoms with Gasteiger partial charge in [0.1, 0.15) is 0 Å². The Balaban J connectivity index is 1.78. The number of pyridine rings is 1. The zero-order valence-corrected chi connectivity index (χ0v) is 15.7. The van der Waals surface area contributed by atoms with Crippen LogP contribution >= 0.6 is 0 Å². The van der Waals surface area contributed by atoms with Gasteiger partial charge in [0.25, 0.3) is 5.56 Å². The highest BCUT2D eigenvalue weighted by Gasteiger charge is 2.13. The molecule has 1 N–H and O–H groups in total. The molecule has 5 heteroatoms. The maximum Gasteiger partial charge on any atom is 0.333 e. The van der Waals surface area contributed by atoms with Crippen molar-refractivity contribution in [2.24, 2.45) is 0 Å². The molecule has 0 radical (unpaired) electrons. The van der Waals surface area contributed by atoms with Crippen LogP contribution in [0, 0.1) is 6.92 Å². The highest BCUT2D eigenvalue weighted by atomic mass is 16.2. The highest BCUT2D eigenvalue weighted by Crippen LogP contribution is 2.23. The number of aromatic amines is 1. The van der Waals surface area contributed by atoms with E-state index in [1.165, 1.54) is 10.8 Å². The Hall–Kier alpha value is -3.99. The Morgan fingerprint density at radius 1 is 0.862 bits per heavy atom. The second kappa shape index (κ2) is 6.56. The standard InChI is InChI=1S/C24H17N3O2/c1-15-7-2-4-10-17(15)20-13-21-19(14-25-20)23(28)27(24(29)26-21)22-12-6-9-16-8-3-5-11-18(16)22/h2-14H,1H3,(H,26,29). The van der Waals surface area contributed by atoms with Gasteiger partial charge in [0.05, 0.1) is 22.3 Å². The lowest BCUT2D eigenvalue weighted by atomic mass is 10.0. The van der Waals surface area contributed by atoms with Crippen LogP contribution in [0.1, 0.15) is 5.56 Å². The summed E-state index contributed by atoms with van der Waals surface area (Å²) in [6.07, 6.45) is 1.54. The number of hydrogen-bond acceptors (Lipinski definition) is 3. The fraction of sp³-hybridized carbons (Fsp3) is 0.0417. The SMILES string of the molecule is Cc1ccccc1-c1cc2[nH]c(=O)n(-c3cccc4ccccc34)c(=O)c2cn1. The van der Waals surface area contributed by atoms with E-state index in [0.29, 0.717) is 22.3 Å². The van der Waals surface area contributed by atoms with Crippen LogP contribution < -0.4 is 11.2 Å². The third-order valence-electron chi connectivity index (χ3n) is 5.21. The minimum Gasteiger partial charge on any atom is -0.306 e. The molecular weight excluding hydrogens is 362 g/mol. The van der Waals surface area contributed by atoms with Gasteiger partial charge in [0.15, 0.2) is 0 Å². The van der Waals surface area contributed by atoms with E-state index in [2.05, 4.69) is 9.97 Å². The average molecular weight is 379 g/mol. The monoisotopic (exact) mass is 379 g/mol. The molecule has 0 saturated heterocycles. The van der Waals surface area contributed by atoms with Gasteiger partial charge in [0, 0.05) is 17.1 Å². The predicted molar refractivity (Wildman–Crippen MR) is 116 cm³/mol. The van der Waals surface area contributed by atoms with Crippen molar-refractivity contribution < 1.29 is 0 Å². The Morgan fingerprint density at radius 3 is 2.48 bits per heavy atom.